The van der Waals surface area contributed by atoms with Gasteiger partial charge >= 0.3 is 5.97 Å². The van der Waals surface area contributed by atoms with E-state index in [0.29, 0.717) is 24.1 Å². The fourth-order valence-corrected chi connectivity index (χ4v) is 4.69. The third-order valence-electron chi connectivity index (χ3n) is 5.81. The molecule has 1 N–H and O–H groups in total. The Labute approximate surface area is 170 Å². The summed E-state index contributed by atoms with van der Waals surface area (Å²) in [6, 6.07) is 8.64. The Kier molecular flexibility index (Phi) is 5.62. The maximum Gasteiger partial charge on any atom is 0.307 e. The third-order valence-corrected chi connectivity index (χ3v) is 6.16. The van der Waals surface area contributed by atoms with Gasteiger partial charge in [-0.15, -0.1) is 0 Å². The average molecular weight is 399 g/mol. The van der Waals surface area contributed by atoms with E-state index >= 15 is 0 Å². The number of esters is 1. The number of rotatable bonds is 6. The molecule has 2 aromatic rings. The number of aromatic nitrogens is 2. The molecular formula is C21H26N4O2S. The molecule has 0 radical (unpaired) electrons. The van der Waals surface area contributed by atoms with Gasteiger partial charge in [0.1, 0.15) is 0 Å². The molecule has 0 amide bonds. The van der Waals surface area contributed by atoms with Crippen molar-refractivity contribution in [2.75, 3.05) is 13.7 Å². The van der Waals surface area contributed by atoms with Crippen LogP contribution >= 0.6 is 12.2 Å². The molecule has 1 saturated heterocycles. The topological polar surface area (TPSA) is 59.4 Å². The lowest BCUT2D eigenvalue weighted by molar-refractivity contribution is -0.140. The molecule has 2 fully saturated rings. The number of nitrogens with zero attached hydrogens (tertiary/aromatic N) is 3. The number of carbonyl (C=O) groups excluding carboxylic acids is 1. The van der Waals surface area contributed by atoms with Crippen molar-refractivity contribution < 1.29 is 9.53 Å². The van der Waals surface area contributed by atoms with Crippen LogP contribution < -0.4 is 5.32 Å². The van der Waals surface area contributed by atoms with Crippen LogP contribution in [0.5, 0.6) is 0 Å². The highest BCUT2D eigenvalue weighted by Gasteiger charge is 2.40. The van der Waals surface area contributed by atoms with Crippen LogP contribution in [0, 0.1) is 0 Å². The molecule has 3 heterocycles. The van der Waals surface area contributed by atoms with E-state index < -0.39 is 0 Å². The van der Waals surface area contributed by atoms with Crippen LogP contribution in [0.3, 0.4) is 0 Å². The summed E-state index contributed by atoms with van der Waals surface area (Å²) >= 11 is 5.62. The molecule has 7 heteroatoms. The molecule has 1 aliphatic heterocycles. The first-order valence-electron chi connectivity index (χ1n) is 9.89. The lowest BCUT2D eigenvalue weighted by atomic mass is 9.99. The zero-order valence-electron chi connectivity index (χ0n) is 16.1. The Morgan fingerprint density at radius 2 is 2.14 bits per heavy atom. The average Bonchev–Trinajstić information content (AvgIpc) is 3.46. The summed E-state index contributed by atoms with van der Waals surface area (Å²) in [4.78, 5) is 18.4. The summed E-state index contributed by atoms with van der Waals surface area (Å²) < 4.78 is 7.17. The van der Waals surface area contributed by atoms with Crippen LogP contribution in [0.15, 0.2) is 42.9 Å². The predicted molar refractivity (Wildman–Crippen MR) is 111 cm³/mol. The molecule has 2 aliphatic rings. The first kappa shape index (κ1) is 18.9. The molecule has 28 heavy (non-hydrogen) atoms. The van der Waals surface area contributed by atoms with Crippen molar-refractivity contribution in [2.45, 2.75) is 50.2 Å². The van der Waals surface area contributed by atoms with Crippen LogP contribution in [-0.4, -0.2) is 39.2 Å². The van der Waals surface area contributed by atoms with Gasteiger partial charge in [-0.05, 0) is 48.8 Å². The summed E-state index contributed by atoms with van der Waals surface area (Å²) in [5.74, 6) is -0.230. The fraction of sp³-hybridized carbons (Fsp3) is 0.476. The van der Waals surface area contributed by atoms with Gasteiger partial charge in [-0.3, -0.25) is 9.78 Å². The van der Waals surface area contributed by atoms with Crippen molar-refractivity contribution in [3.05, 3.63) is 54.1 Å². The molecular weight excluding hydrogens is 372 g/mol. The van der Waals surface area contributed by atoms with E-state index in [1.165, 1.54) is 38.4 Å². The monoisotopic (exact) mass is 398 g/mol. The summed E-state index contributed by atoms with van der Waals surface area (Å²) in [6.07, 6.45) is 11.6. The SMILES string of the molecule is COC(=O)CCN1C(=S)N[C@@H](c2ccccn2)[C@@H]1c1ccn(C2CCCC2)c1. The molecule has 0 spiro atoms. The van der Waals surface area contributed by atoms with Crippen molar-refractivity contribution in [1.29, 1.82) is 0 Å². The van der Waals surface area contributed by atoms with Gasteiger partial charge in [-0.1, -0.05) is 18.9 Å². The van der Waals surface area contributed by atoms with Crippen LogP contribution in [0.2, 0.25) is 0 Å². The van der Waals surface area contributed by atoms with Gasteiger partial charge in [0.15, 0.2) is 5.11 Å². The minimum absolute atomic E-state index is 0.00490. The van der Waals surface area contributed by atoms with E-state index in [1.807, 2.05) is 18.2 Å². The molecule has 1 aliphatic carbocycles. The highest BCUT2D eigenvalue weighted by Crippen LogP contribution is 2.40. The number of hydrogen-bond donors (Lipinski definition) is 1. The van der Waals surface area contributed by atoms with Gasteiger partial charge in [0.2, 0.25) is 0 Å². The van der Waals surface area contributed by atoms with Crippen molar-refractivity contribution in [1.82, 2.24) is 19.8 Å². The number of methoxy groups -OCH3 is 1. The van der Waals surface area contributed by atoms with Crippen LogP contribution in [0.4, 0.5) is 0 Å². The number of nitrogens with one attached hydrogen (secondary N) is 1. The first-order chi connectivity index (χ1) is 13.7. The third kappa shape index (κ3) is 3.76. The number of hydrogen-bond acceptors (Lipinski definition) is 4. The minimum atomic E-state index is -0.230. The molecule has 0 aromatic carbocycles. The maximum absolute atomic E-state index is 11.7. The fourth-order valence-electron chi connectivity index (χ4n) is 4.36. The Morgan fingerprint density at radius 3 is 2.86 bits per heavy atom. The Hall–Kier alpha value is -2.41. The summed E-state index contributed by atoms with van der Waals surface area (Å²) in [5, 5.41) is 4.07. The van der Waals surface area contributed by atoms with Crippen molar-refractivity contribution >= 4 is 23.3 Å². The molecule has 2 aromatic heterocycles. The molecule has 0 unspecified atom stereocenters. The number of ether oxygens (including phenoxy) is 1. The number of thiocarbonyl (C=S) groups is 1. The molecule has 2 atom stereocenters. The van der Waals surface area contributed by atoms with Crippen LogP contribution in [0.1, 0.15) is 61.5 Å². The molecule has 148 valence electrons. The van der Waals surface area contributed by atoms with Crippen molar-refractivity contribution in [2.24, 2.45) is 0 Å². The lowest BCUT2D eigenvalue weighted by Crippen LogP contribution is -2.31. The summed E-state index contributed by atoms with van der Waals surface area (Å²) in [6.45, 7) is 0.515. The van der Waals surface area contributed by atoms with Crippen molar-refractivity contribution in [3.8, 4) is 0 Å². The Morgan fingerprint density at radius 1 is 1.32 bits per heavy atom. The standard InChI is InChI=1S/C21H26N4O2S/c1-27-18(26)10-13-25-20(15-9-12-24(14-15)16-6-2-3-7-16)19(23-21(25)28)17-8-4-5-11-22-17/h4-5,8-9,11-12,14,16,19-20H,2-3,6-7,10,13H2,1H3,(H,23,28)/t19-,20-/m0/s1. The van der Waals surface area contributed by atoms with Gasteiger partial charge in [-0.2, -0.15) is 0 Å². The second-order valence-electron chi connectivity index (χ2n) is 7.48. The van der Waals surface area contributed by atoms with Gasteiger partial charge in [-0.25, -0.2) is 0 Å². The first-order valence-corrected chi connectivity index (χ1v) is 10.3. The van der Waals surface area contributed by atoms with Crippen LogP contribution in [-0.2, 0) is 9.53 Å². The Balaban J connectivity index is 1.64. The number of pyridine rings is 1. The summed E-state index contributed by atoms with van der Waals surface area (Å²) in [5.41, 5.74) is 2.14. The van der Waals surface area contributed by atoms with E-state index in [9.17, 15) is 4.79 Å². The minimum Gasteiger partial charge on any atom is -0.469 e. The Bertz CT molecular complexity index is 832. The van der Waals surface area contributed by atoms with Gasteiger partial charge in [0.05, 0.1) is 31.3 Å². The van der Waals surface area contributed by atoms with E-state index in [2.05, 4.69) is 38.2 Å². The predicted octanol–water partition coefficient (Wildman–Crippen LogP) is 3.53. The zero-order chi connectivity index (χ0) is 19.5. The van der Waals surface area contributed by atoms with Gasteiger partial charge < -0.3 is 19.5 Å². The highest BCUT2D eigenvalue weighted by atomic mass is 32.1. The zero-order valence-corrected chi connectivity index (χ0v) is 16.9. The second kappa shape index (κ2) is 8.31. The van der Waals surface area contributed by atoms with Gasteiger partial charge in [0, 0.05) is 31.2 Å². The second-order valence-corrected chi connectivity index (χ2v) is 7.86. The summed E-state index contributed by atoms with van der Waals surface area (Å²) in [7, 11) is 1.42. The smallest absolute Gasteiger partial charge is 0.307 e. The molecule has 1 saturated carbocycles. The largest absolute Gasteiger partial charge is 0.469 e. The van der Waals surface area contributed by atoms with E-state index in [0.717, 1.165) is 5.69 Å². The highest BCUT2D eigenvalue weighted by molar-refractivity contribution is 7.80. The molecule has 4 rings (SSSR count). The number of carbonyl (C=O) groups is 1. The molecule has 0 bridgehead atoms. The lowest BCUT2D eigenvalue weighted by Gasteiger charge is -2.27. The van der Waals surface area contributed by atoms with Gasteiger partial charge in [0.25, 0.3) is 0 Å². The van der Waals surface area contributed by atoms with Crippen LogP contribution in [0.25, 0.3) is 0 Å². The van der Waals surface area contributed by atoms with E-state index in [4.69, 9.17) is 17.0 Å². The van der Waals surface area contributed by atoms with E-state index in [1.54, 1.807) is 6.20 Å². The quantitative estimate of drug-likeness (QED) is 0.593. The van der Waals surface area contributed by atoms with Crippen molar-refractivity contribution in [3.63, 3.8) is 0 Å². The van der Waals surface area contributed by atoms with E-state index in [-0.39, 0.29) is 18.1 Å². The normalized spacial score (nSPS) is 22.5. The maximum atomic E-state index is 11.7. The molecule has 6 nitrogen and oxygen atoms in total.